The highest BCUT2D eigenvalue weighted by molar-refractivity contribution is 7.92. The Morgan fingerprint density at radius 2 is 1.71 bits per heavy atom. The zero-order chi connectivity index (χ0) is 20.9. The second kappa shape index (κ2) is 8.88. The van der Waals surface area contributed by atoms with E-state index in [4.69, 9.17) is 0 Å². The number of carbonyl (C=O) groups is 2. The highest BCUT2D eigenvalue weighted by Crippen LogP contribution is 2.20. The Bertz CT molecular complexity index is 971. The van der Waals surface area contributed by atoms with Gasteiger partial charge in [-0.15, -0.1) is 0 Å². The van der Waals surface area contributed by atoms with Gasteiger partial charge in [0.25, 0.3) is 11.8 Å². The molecule has 0 bridgehead atoms. The molecule has 0 radical (unpaired) electrons. The van der Waals surface area contributed by atoms with Crippen LogP contribution < -0.4 is 14.9 Å². The van der Waals surface area contributed by atoms with Crippen LogP contribution in [0.25, 0.3) is 0 Å². The molecular weight excluding hydrogens is 378 g/mol. The van der Waals surface area contributed by atoms with Gasteiger partial charge in [-0.25, -0.2) is 8.42 Å². The van der Waals surface area contributed by atoms with Crippen LogP contribution in [0.15, 0.2) is 48.5 Å². The summed E-state index contributed by atoms with van der Waals surface area (Å²) in [5.41, 5.74) is 1.40. The highest BCUT2D eigenvalue weighted by Gasteiger charge is 2.16. The monoisotopic (exact) mass is 403 g/mol. The van der Waals surface area contributed by atoms with E-state index in [1.54, 1.807) is 42.5 Å². The number of nitrogens with zero attached hydrogens (tertiary/aromatic N) is 1. The zero-order valence-electron chi connectivity index (χ0n) is 16.4. The van der Waals surface area contributed by atoms with E-state index in [2.05, 4.69) is 10.6 Å². The van der Waals surface area contributed by atoms with Gasteiger partial charge in [0.2, 0.25) is 10.0 Å². The predicted octanol–water partition coefficient (Wildman–Crippen LogP) is 2.72. The minimum atomic E-state index is -3.44. The topological polar surface area (TPSA) is 95.6 Å². The molecule has 0 aliphatic heterocycles. The molecule has 0 saturated carbocycles. The van der Waals surface area contributed by atoms with E-state index >= 15 is 0 Å². The number of amides is 2. The molecule has 2 rings (SSSR count). The van der Waals surface area contributed by atoms with Crippen molar-refractivity contribution in [2.24, 2.45) is 5.92 Å². The van der Waals surface area contributed by atoms with E-state index in [0.29, 0.717) is 29.4 Å². The van der Waals surface area contributed by atoms with Gasteiger partial charge in [0.1, 0.15) is 0 Å². The van der Waals surface area contributed by atoms with Gasteiger partial charge >= 0.3 is 0 Å². The summed E-state index contributed by atoms with van der Waals surface area (Å²) in [6, 6.07) is 13.0. The Kier molecular flexibility index (Phi) is 6.80. The highest BCUT2D eigenvalue weighted by atomic mass is 32.2. The van der Waals surface area contributed by atoms with Crippen molar-refractivity contribution in [3.63, 3.8) is 0 Å². The third-order valence-corrected chi connectivity index (χ3v) is 5.27. The summed E-state index contributed by atoms with van der Waals surface area (Å²) in [5.74, 6) is -0.400. The number of anilines is 2. The molecule has 0 spiro atoms. The Morgan fingerprint density at radius 3 is 2.36 bits per heavy atom. The number of rotatable bonds is 7. The molecule has 0 atom stereocenters. The van der Waals surface area contributed by atoms with Crippen LogP contribution in [0, 0.1) is 5.92 Å². The molecular formula is C20H25N3O4S. The number of sulfonamides is 1. The first-order valence-electron chi connectivity index (χ1n) is 8.82. The van der Waals surface area contributed by atoms with Gasteiger partial charge in [-0.3, -0.25) is 13.9 Å². The van der Waals surface area contributed by atoms with Gasteiger partial charge in [0, 0.05) is 19.2 Å². The summed E-state index contributed by atoms with van der Waals surface area (Å²) < 4.78 is 24.5. The fraction of sp³-hybridized carbons (Fsp3) is 0.300. The number of hydrogen-bond acceptors (Lipinski definition) is 4. The van der Waals surface area contributed by atoms with Crippen LogP contribution in [0.1, 0.15) is 34.6 Å². The molecule has 0 fully saturated rings. The van der Waals surface area contributed by atoms with Crippen molar-refractivity contribution < 1.29 is 18.0 Å². The molecule has 2 aromatic rings. The average Bonchev–Trinajstić information content (AvgIpc) is 2.65. The molecule has 0 heterocycles. The smallest absolute Gasteiger partial charge is 0.255 e. The molecule has 2 N–H and O–H groups in total. The van der Waals surface area contributed by atoms with Gasteiger partial charge in [0.15, 0.2) is 0 Å². The van der Waals surface area contributed by atoms with Crippen LogP contribution in [-0.4, -0.2) is 40.1 Å². The maximum absolute atomic E-state index is 12.7. The van der Waals surface area contributed by atoms with Crippen LogP contribution in [0.2, 0.25) is 0 Å². The van der Waals surface area contributed by atoms with E-state index in [0.717, 1.165) is 10.6 Å². The molecule has 150 valence electrons. The predicted molar refractivity (Wildman–Crippen MR) is 111 cm³/mol. The van der Waals surface area contributed by atoms with Crippen LogP contribution in [0.4, 0.5) is 11.4 Å². The summed E-state index contributed by atoms with van der Waals surface area (Å²) >= 11 is 0. The van der Waals surface area contributed by atoms with Crippen LogP contribution >= 0.6 is 0 Å². The summed E-state index contributed by atoms with van der Waals surface area (Å²) in [4.78, 5) is 25.1. The van der Waals surface area contributed by atoms with E-state index in [1.165, 1.54) is 13.1 Å². The molecule has 0 unspecified atom stereocenters. The molecule has 2 aromatic carbocycles. The van der Waals surface area contributed by atoms with Gasteiger partial charge in [0.05, 0.1) is 23.2 Å². The third kappa shape index (κ3) is 5.56. The fourth-order valence-electron chi connectivity index (χ4n) is 2.41. The lowest BCUT2D eigenvalue weighted by molar-refractivity contribution is 0.0950. The van der Waals surface area contributed by atoms with Crippen molar-refractivity contribution in [2.45, 2.75) is 13.8 Å². The van der Waals surface area contributed by atoms with E-state index in [9.17, 15) is 18.0 Å². The quantitative estimate of drug-likeness (QED) is 0.743. The van der Waals surface area contributed by atoms with Gasteiger partial charge in [-0.05, 0) is 36.2 Å². The van der Waals surface area contributed by atoms with Crippen molar-refractivity contribution in [1.82, 2.24) is 5.32 Å². The molecule has 0 aliphatic rings. The van der Waals surface area contributed by atoms with E-state index in [1.807, 2.05) is 13.8 Å². The van der Waals surface area contributed by atoms with Crippen molar-refractivity contribution in [1.29, 1.82) is 0 Å². The SMILES string of the molecule is CC(C)CNC(=O)c1ccccc1NC(=O)c1cccc(N(C)S(C)(=O)=O)c1. The molecule has 2 amide bonds. The Morgan fingerprint density at radius 1 is 1.04 bits per heavy atom. The lowest BCUT2D eigenvalue weighted by Crippen LogP contribution is -2.28. The van der Waals surface area contributed by atoms with Crippen LogP contribution in [0.3, 0.4) is 0 Å². The number of nitrogens with one attached hydrogen (secondary N) is 2. The minimum Gasteiger partial charge on any atom is -0.352 e. The number of para-hydroxylation sites is 1. The number of hydrogen-bond donors (Lipinski definition) is 2. The van der Waals surface area contributed by atoms with Crippen molar-refractivity contribution in [2.75, 3.05) is 29.5 Å². The first-order valence-corrected chi connectivity index (χ1v) is 10.7. The Balaban J connectivity index is 2.23. The molecule has 0 aliphatic carbocycles. The second-order valence-corrected chi connectivity index (χ2v) is 8.90. The lowest BCUT2D eigenvalue weighted by Gasteiger charge is -2.17. The maximum atomic E-state index is 12.7. The molecule has 0 saturated heterocycles. The van der Waals surface area contributed by atoms with Crippen molar-refractivity contribution in [3.8, 4) is 0 Å². The van der Waals surface area contributed by atoms with Crippen LogP contribution in [0.5, 0.6) is 0 Å². The molecule has 8 heteroatoms. The maximum Gasteiger partial charge on any atom is 0.255 e. The normalized spacial score (nSPS) is 11.2. The average molecular weight is 404 g/mol. The Hall–Kier alpha value is -2.87. The zero-order valence-corrected chi connectivity index (χ0v) is 17.2. The minimum absolute atomic E-state index is 0.268. The largest absolute Gasteiger partial charge is 0.352 e. The fourth-order valence-corrected chi connectivity index (χ4v) is 2.91. The Labute approximate surface area is 165 Å². The van der Waals surface area contributed by atoms with Gasteiger partial charge < -0.3 is 10.6 Å². The summed E-state index contributed by atoms with van der Waals surface area (Å²) in [7, 11) is -2.02. The number of benzene rings is 2. The van der Waals surface area contributed by atoms with E-state index in [-0.39, 0.29) is 11.5 Å². The summed E-state index contributed by atoms with van der Waals surface area (Å²) in [6.45, 7) is 4.52. The van der Waals surface area contributed by atoms with Crippen LogP contribution in [-0.2, 0) is 10.0 Å². The third-order valence-electron chi connectivity index (χ3n) is 4.06. The molecule has 28 heavy (non-hydrogen) atoms. The second-order valence-electron chi connectivity index (χ2n) is 6.88. The van der Waals surface area contributed by atoms with Gasteiger partial charge in [-0.2, -0.15) is 0 Å². The standard InChI is InChI=1S/C20H25N3O4S/c1-14(2)13-21-20(25)17-10-5-6-11-18(17)22-19(24)15-8-7-9-16(12-15)23(3)28(4,26)27/h5-12,14H,13H2,1-4H3,(H,21,25)(H,22,24). The number of carbonyl (C=O) groups excluding carboxylic acids is 2. The first kappa shape index (κ1) is 21.4. The van der Waals surface area contributed by atoms with Gasteiger partial charge in [-0.1, -0.05) is 32.0 Å². The lowest BCUT2D eigenvalue weighted by atomic mass is 10.1. The molecule has 7 nitrogen and oxygen atoms in total. The summed E-state index contributed by atoms with van der Waals surface area (Å²) in [6.07, 6.45) is 1.09. The molecule has 0 aromatic heterocycles. The summed E-state index contributed by atoms with van der Waals surface area (Å²) in [5, 5.41) is 5.56. The van der Waals surface area contributed by atoms with Crippen molar-refractivity contribution in [3.05, 3.63) is 59.7 Å². The first-order chi connectivity index (χ1) is 13.1. The van der Waals surface area contributed by atoms with E-state index < -0.39 is 15.9 Å². The van der Waals surface area contributed by atoms with Crippen molar-refractivity contribution >= 4 is 33.2 Å².